The van der Waals surface area contributed by atoms with Crippen LogP contribution in [0.4, 0.5) is 0 Å². The maximum absolute atomic E-state index is 6.22. The van der Waals surface area contributed by atoms with Crippen molar-refractivity contribution >= 4 is 34.5 Å². The van der Waals surface area contributed by atoms with Crippen molar-refractivity contribution in [1.82, 2.24) is 4.98 Å². The highest BCUT2D eigenvalue weighted by Gasteiger charge is 2.13. The summed E-state index contributed by atoms with van der Waals surface area (Å²) >= 11 is 13.9. The summed E-state index contributed by atoms with van der Waals surface area (Å²) in [5.74, 6) is 0.638. The van der Waals surface area contributed by atoms with Crippen LogP contribution in [0.5, 0.6) is 5.75 Å². The van der Waals surface area contributed by atoms with Crippen LogP contribution in [0.3, 0.4) is 0 Å². The summed E-state index contributed by atoms with van der Waals surface area (Å²) in [6.07, 6.45) is 0.658. The van der Waals surface area contributed by atoms with Gasteiger partial charge in [0.05, 0.1) is 15.7 Å². The average molecular weight is 331 g/mol. The fourth-order valence-corrected chi connectivity index (χ4v) is 3.08. The van der Waals surface area contributed by atoms with Gasteiger partial charge in [-0.05, 0) is 38.0 Å². The number of ether oxygens (including phenoxy) is 1. The molecule has 0 saturated carbocycles. The van der Waals surface area contributed by atoms with E-state index in [9.17, 15) is 0 Å². The Labute approximate surface area is 132 Å². The molecule has 1 aromatic carbocycles. The minimum atomic E-state index is 0.00778. The lowest BCUT2D eigenvalue weighted by Crippen LogP contribution is -2.18. The Morgan fingerprint density at radius 3 is 2.75 bits per heavy atom. The van der Waals surface area contributed by atoms with Gasteiger partial charge in [-0.1, -0.05) is 23.2 Å². The van der Waals surface area contributed by atoms with Gasteiger partial charge in [-0.3, -0.25) is 0 Å². The topological polar surface area (TPSA) is 48.1 Å². The van der Waals surface area contributed by atoms with Crippen LogP contribution in [-0.4, -0.2) is 11.0 Å². The van der Waals surface area contributed by atoms with Gasteiger partial charge in [-0.15, -0.1) is 11.3 Å². The second-order valence-electron chi connectivity index (χ2n) is 4.70. The van der Waals surface area contributed by atoms with E-state index in [2.05, 4.69) is 4.98 Å². The molecule has 1 atom stereocenters. The zero-order chi connectivity index (χ0) is 14.7. The summed E-state index contributed by atoms with van der Waals surface area (Å²) in [5, 5.41) is 4.08. The molecule has 1 heterocycles. The van der Waals surface area contributed by atoms with Gasteiger partial charge in [0.25, 0.3) is 0 Å². The third-order valence-corrected chi connectivity index (χ3v) is 3.98. The molecule has 1 unspecified atom stereocenters. The van der Waals surface area contributed by atoms with E-state index >= 15 is 0 Å². The maximum atomic E-state index is 6.22. The molecule has 2 N–H and O–H groups in total. The minimum Gasteiger partial charge on any atom is -0.485 e. The fourth-order valence-electron chi connectivity index (χ4n) is 1.89. The summed E-state index contributed by atoms with van der Waals surface area (Å²) in [6, 6.07) is 3.53. The van der Waals surface area contributed by atoms with Crippen molar-refractivity contribution in [3.8, 4) is 5.75 Å². The summed E-state index contributed by atoms with van der Waals surface area (Å²) in [7, 11) is 0. The van der Waals surface area contributed by atoms with E-state index in [-0.39, 0.29) is 6.04 Å². The zero-order valence-corrected chi connectivity index (χ0v) is 13.6. The number of aryl methyl sites for hydroxylation is 1. The van der Waals surface area contributed by atoms with Crippen molar-refractivity contribution in [2.45, 2.75) is 32.9 Å². The molecule has 3 nitrogen and oxygen atoms in total. The smallest absolute Gasteiger partial charge is 0.141 e. The lowest BCUT2D eigenvalue weighted by atomic mass is 10.1. The Kier molecular flexibility index (Phi) is 5.27. The molecular formula is C14H16Cl2N2OS. The number of benzene rings is 1. The summed E-state index contributed by atoms with van der Waals surface area (Å²) in [5.41, 5.74) is 7.67. The zero-order valence-electron chi connectivity index (χ0n) is 11.3. The van der Waals surface area contributed by atoms with E-state index in [1.165, 1.54) is 0 Å². The molecule has 0 radical (unpaired) electrons. The molecule has 20 heavy (non-hydrogen) atoms. The quantitative estimate of drug-likeness (QED) is 0.892. The highest BCUT2D eigenvalue weighted by molar-refractivity contribution is 7.09. The molecule has 6 heteroatoms. The predicted octanol–water partition coefficient (Wildman–Crippen LogP) is 4.23. The van der Waals surface area contributed by atoms with E-state index < -0.39 is 0 Å². The predicted molar refractivity (Wildman–Crippen MR) is 85.0 cm³/mol. The number of rotatable bonds is 5. The second kappa shape index (κ2) is 6.76. The van der Waals surface area contributed by atoms with Gasteiger partial charge in [0, 0.05) is 16.4 Å². The van der Waals surface area contributed by atoms with Gasteiger partial charge in [-0.2, -0.15) is 0 Å². The molecule has 108 valence electrons. The second-order valence-corrected chi connectivity index (χ2v) is 6.61. The van der Waals surface area contributed by atoms with Gasteiger partial charge in [0.2, 0.25) is 0 Å². The first kappa shape index (κ1) is 15.6. The molecule has 0 spiro atoms. The van der Waals surface area contributed by atoms with E-state index in [0.717, 1.165) is 16.3 Å². The third-order valence-electron chi connectivity index (χ3n) is 2.66. The molecule has 0 bridgehead atoms. The van der Waals surface area contributed by atoms with Gasteiger partial charge in [-0.25, -0.2) is 4.98 Å². The van der Waals surface area contributed by atoms with E-state index in [1.807, 2.05) is 25.3 Å². The normalized spacial score (nSPS) is 12.4. The lowest BCUT2D eigenvalue weighted by Gasteiger charge is -2.14. The first-order valence-electron chi connectivity index (χ1n) is 6.23. The Balaban J connectivity index is 2.20. The van der Waals surface area contributed by atoms with Crippen molar-refractivity contribution in [2.24, 2.45) is 5.73 Å². The summed E-state index contributed by atoms with van der Waals surface area (Å²) < 4.78 is 5.82. The Morgan fingerprint density at radius 1 is 1.40 bits per heavy atom. The van der Waals surface area contributed by atoms with E-state index in [1.54, 1.807) is 17.4 Å². The van der Waals surface area contributed by atoms with Gasteiger partial charge < -0.3 is 10.5 Å². The van der Waals surface area contributed by atoms with Crippen molar-refractivity contribution in [1.29, 1.82) is 0 Å². The molecule has 0 aliphatic carbocycles. The van der Waals surface area contributed by atoms with Crippen molar-refractivity contribution in [3.05, 3.63) is 43.8 Å². The number of aromatic nitrogens is 1. The number of hydrogen-bond donors (Lipinski definition) is 1. The van der Waals surface area contributed by atoms with Crippen LogP contribution in [0.15, 0.2) is 17.5 Å². The van der Waals surface area contributed by atoms with Crippen LogP contribution in [0.2, 0.25) is 10.0 Å². The highest BCUT2D eigenvalue weighted by Crippen LogP contribution is 2.33. The first-order chi connectivity index (χ1) is 9.45. The lowest BCUT2D eigenvalue weighted by molar-refractivity contribution is 0.298. The standard InChI is InChI=1S/C14H16Cl2N2OS/c1-8(17)3-10-4-11(15)5-13(16)14(10)19-6-12-7-20-9(2)18-12/h4-5,7-8H,3,6,17H2,1-2H3. The fraction of sp³-hybridized carbons (Fsp3) is 0.357. The van der Waals surface area contributed by atoms with Gasteiger partial charge in [0.1, 0.15) is 12.4 Å². The molecule has 0 aliphatic rings. The number of nitrogens with zero attached hydrogens (tertiary/aromatic N) is 1. The number of hydrogen-bond acceptors (Lipinski definition) is 4. The Bertz CT molecular complexity index is 599. The van der Waals surface area contributed by atoms with Crippen molar-refractivity contribution < 1.29 is 4.74 Å². The van der Waals surface area contributed by atoms with Gasteiger partial charge in [0.15, 0.2) is 0 Å². The monoisotopic (exact) mass is 330 g/mol. The minimum absolute atomic E-state index is 0.00778. The Morgan fingerprint density at radius 2 is 2.15 bits per heavy atom. The summed E-state index contributed by atoms with van der Waals surface area (Å²) in [4.78, 5) is 4.36. The molecule has 2 rings (SSSR count). The van der Waals surface area contributed by atoms with Crippen LogP contribution < -0.4 is 10.5 Å². The first-order valence-corrected chi connectivity index (χ1v) is 7.86. The SMILES string of the molecule is Cc1nc(COc2c(Cl)cc(Cl)cc2CC(C)N)cs1. The third kappa shape index (κ3) is 4.09. The van der Waals surface area contributed by atoms with Crippen molar-refractivity contribution in [2.75, 3.05) is 0 Å². The largest absolute Gasteiger partial charge is 0.485 e. The van der Waals surface area contributed by atoms with Crippen molar-refractivity contribution in [3.63, 3.8) is 0 Å². The molecule has 1 aromatic heterocycles. The number of halogens is 2. The Hall–Kier alpha value is -0.810. The maximum Gasteiger partial charge on any atom is 0.141 e. The molecule has 0 aliphatic heterocycles. The molecule has 0 saturated heterocycles. The van der Waals surface area contributed by atoms with E-state index in [0.29, 0.717) is 28.8 Å². The highest BCUT2D eigenvalue weighted by atomic mass is 35.5. The van der Waals surface area contributed by atoms with Crippen LogP contribution >= 0.6 is 34.5 Å². The van der Waals surface area contributed by atoms with Crippen LogP contribution in [0.1, 0.15) is 23.2 Å². The molecule has 2 aromatic rings. The molecular weight excluding hydrogens is 315 g/mol. The molecule has 0 amide bonds. The van der Waals surface area contributed by atoms with Crippen LogP contribution in [0, 0.1) is 6.92 Å². The number of nitrogens with two attached hydrogens (primary N) is 1. The van der Waals surface area contributed by atoms with Crippen LogP contribution in [-0.2, 0) is 13.0 Å². The summed E-state index contributed by atoms with van der Waals surface area (Å²) in [6.45, 7) is 4.28. The average Bonchev–Trinajstić information content (AvgIpc) is 2.73. The van der Waals surface area contributed by atoms with Gasteiger partial charge >= 0.3 is 0 Å². The molecule has 0 fully saturated rings. The van der Waals surface area contributed by atoms with E-state index in [4.69, 9.17) is 33.7 Å². The number of thiazole rings is 1. The van der Waals surface area contributed by atoms with Crippen LogP contribution in [0.25, 0.3) is 0 Å².